The Hall–Kier alpha value is -2.25. The van der Waals surface area contributed by atoms with Crippen molar-refractivity contribution in [3.8, 4) is 0 Å². The summed E-state index contributed by atoms with van der Waals surface area (Å²) in [5.41, 5.74) is 2.25. The zero-order valence-corrected chi connectivity index (χ0v) is 18.6. The number of hydrogen-bond donors (Lipinski definition) is 1. The van der Waals surface area contributed by atoms with Crippen LogP contribution in [0.1, 0.15) is 0 Å². The van der Waals surface area contributed by atoms with E-state index in [9.17, 15) is 8.42 Å². The highest BCUT2D eigenvalue weighted by Gasteiger charge is 2.28. The van der Waals surface area contributed by atoms with Gasteiger partial charge in [0, 0.05) is 49.0 Å². The van der Waals surface area contributed by atoms with Crippen LogP contribution in [-0.4, -0.2) is 43.9 Å². The van der Waals surface area contributed by atoms with Gasteiger partial charge >= 0.3 is 0 Å². The number of rotatable bonds is 3. The van der Waals surface area contributed by atoms with E-state index in [0.29, 0.717) is 31.1 Å². The lowest BCUT2D eigenvalue weighted by molar-refractivity contribution is 0.385. The number of hydrogen-bond acceptors (Lipinski definition) is 3. The van der Waals surface area contributed by atoms with Crippen molar-refractivity contribution in [2.45, 2.75) is 4.90 Å². The minimum absolute atomic E-state index is 0. The first-order valence-electron chi connectivity index (χ1n) is 9.42. The number of piperazine rings is 1. The van der Waals surface area contributed by atoms with E-state index >= 15 is 0 Å². The molecule has 1 N–H and O–H groups in total. The van der Waals surface area contributed by atoms with Gasteiger partial charge in [0.2, 0.25) is 10.0 Å². The number of sulfonamides is 1. The summed E-state index contributed by atoms with van der Waals surface area (Å²) >= 11 is 0. The molecule has 0 aliphatic carbocycles. The molecule has 0 radical (unpaired) electrons. The molecule has 158 valence electrons. The molecule has 1 aromatic heterocycles. The lowest BCUT2D eigenvalue weighted by atomic mass is 10.1. The summed E-state index contributed by atoms with van der Waals surface area (Å²) in [6.45, 7) is 2.34. The Labute approximate surface area is 188 Å². The smallest absolute Gasteiger partial charge is 0.243 e. The standard InChI is InChI=1S/C22H21N3O2S.2ClH/c26-28(27,21-7-5-17-3-1-2-4-18(17)16-21)25-13-11-24(12-14-25)20-6-8-22-19(15-20)9-10-23-22;;/h1-10,15-16,23H,11-14H2;2*1H. The zero-order valence-electron chi connectivity index (χ0n) is 16.2. The first-order chi connectivity index (χ1) is 13.6. The van der Waals surface area contributed by atoms with Gasteiger partial charge in [-0.2, -0.15) is 4.31 Å². The molecule has 0 bridgehead atoms. The van der Waals surface area contributed by atoms with E-state index in [1.807, 2.05) is 36.5 Å². The van der Waals surface area contributed by atoms with Gasteiger partial charge in [0.25, 0.3) is 0 Å². The third-order valence-corrected chi connectivity index (χ3v) is 7.39. The molecule has 2 heterocycles. The van der Waals surface area contributed by atoms with Crippen LogP contribution in [0.25, 0.3) is 21.7 Å². The van der Waals surface area contributed by atoms with Crippen LogP contribution >= 0.6 is 24.8 Å². The number of nitrogens with zero attached hydrogens (tertiary/aromatic N) is 2. The average Bonchev–Trinajstić information content (AvgIpc) is 3.21. The number of halogens is 2. The fourth-order valence-corrected chi connectivity index (χ4v) is 5.36. The largest absolute Gasteiger partial charge is 0.369 e. The fraction of sp³-hybridized carbons (Fsp3) is 0.182. The van der Waals surface area contributed by atoms with Crippen LogP contribution < -0.4 is 4.90 Å². The van der Waals surface area contributed by atoms with Crippen LogP contribution in [0.2, 0.25) is 0 Å². The second-order valence-electron chi connectivity index (χ2n) is 7.15. The number of aromatic amines is 1. The first-order valence-corrected chi connectivity index (χ1v) is 10.9. The molecule has 1 aliphatic rings. The molecule has 5 nitrogen and oxygen atoms in total. The molecule has 4 aromatic rings. The summed E-state index contributed by atoms with van der Waals surface area (Å²) in [5, 5.41) is 3.16. The number of aromatic nitrogens is 1. The van der Waals surface area contributed by atoms with Crippen molar-refractivity contribution in [3.05, 3.63) is 72.9 Å². The van der Waals surface area contributed by atoms with Gasteiger partial charge in [-0.05, 0) is 47.2 Å². The van der Waals surface area contributed by atoms with Crippen molar-refractivity contribution < 1.29 is 8.42 Å². The number of H-pyrrole nitrogens is 1. The van der Waals surface area contributed by atoms with Gasteiger partial charge in [0.05, 0.1) is 4.90 Å². The van der Waals surface area contributed by atoms with Crippen LogP contribution in [0.3, 0.4) is 0 Å². The van der Waals surface area contributed by atoms with Gasteiger partial charge in [-0.3, -0.25) is 0 Å². The van der Waals surface area contributed by atoms with Gasteiger partial charge in [-0.25, -0.2) is 8.42 Å². The Bertz CT molecular complexity index is 1270. The minimum Gasteiger partial charge on any atom is -0.369 e. The second-order valence-corrected chi connectivity index (χ2v) is 9.09. The summed E-state index contributed by atoms with van der Waals surface area (Å²) in [4.78, 5) is 5.82. The zero-order chi connectivity index (χ0) is 19.1. The molecule has 0 atom stereocenters. The predicted molar refractivity (Wildman–Crippen MR) is 128 cm³/mol. The molecule has 30 heavy (non-hydrogen) atoms. The topological polar surface area (TPSA) is 56.4 Å². The van der Waals surface area contributed by atoms with Crippen molar-refractivity contribution in [1.29, 1.82) is 0 Å². The number of nitrogens with one attached hydrogen (secondary N) is 1. The molecule has 0 spiro atoms. The second kappa shape index (κ2) is 8.86. The SMILES string of the molecule is Cl.Cl.O=S(=O)(c1ccc2ccccc2c1)N1CCN(c2ccc3[nH]ccc3c2)CC1. The highest BCUT2D eigenvalue weighted by molar-refractivity contribution is 7.89. The normalized spacial score (nSPS) is 15.0. The molecule has 1 saturated heterocycles. The van der Waals surface area contributed by atoms with Crippen molar-refractivity contribution in [2.24, 2.45) is 0 Å². The summed E-state index contributed by atoms with van der Waals surface area (Å²) in [6.07, 6.45) is 1.93. The van der Waals surface area contributed by atoms with Crippen LogP contribution in [0, 0.1) is 0 Å². The average molecular weight is 464 g/mol. The maximum atomic E-state index is 13.1. The van der Waals surface area contributed by atoms with Crippen molar-refractivity contribution >= 4 is 62.2 Å². The van der Waals surface area contributed by atoms with Crippen LogP contribution in [0.5, 0.6) is 0 Å². The lowest BCUT2D eigenvalue weighted by Gasteiger charge is -2.35. The quantitative estimate of drug-likeness (QED) is 0.479. The maximum Gasteiger partial charge on any atom is 0.243 e. The molecule has 0 unspecified atom stereocenters. The van der Waals surface area contributed by atoms with Crippen molar-refractivity contribution in [3.63, 3.8) is 0 Å². The first kappa shape index (κ1) is 22.4. The van der Waals surface area contributed by atoms with Gasteiger partial charge in [-0.15, -0.1) is 24.8 Å². The summed E-state index contributed by atoms with van der Waals surface area (Å²) in [5.74, 6) is 0. The van der Waals surface area contributed by atoms with Crippen molar-refractivity contribution in [1.82, 2.24) is 9.29 Å². The maximum absolute atomic E-state index is 13.1. The van der Waals surface area contributed by atoms with Gasteiger partial charge in [0.15, 0.2) is 0 Å². The Morgan fingerprint density at radius 2 is 1.47 bits per heavy atom. The number of benzene rings is 3. The molecule has 1 fully saturated rings. The van der Waals surface area contributed by atoms with Crippen LogP contribution in [0.4, 0.5) is 5.69 Å². The molecule has 5 rings (SSSR count). The number of fused-ring (bicyclic) bond motifs is 2. The van der Waals surface area contributed by atoms with E-state index in [4.69, 9.17) is 0 Å². The molecule has 8 heteroatoms. The van der Waals surface area contributed by atoms with E-state index in [1.165, 1.54) is 5.39 Å². The van der Waals surface area contributed by atoms with Gasteiger partial charge in [0.1, 0.15) is 0 Å². The summed E-state index contributed by atoms with van der Waals surface area (Å²) in [7, 11) is -3.48. The van der Waals surface area contributed by atoms with Crippen LogP contribution in [0.15, 0.2) is 77.8 Å². The van der Waals surface area contributed by atoms with Crippen LogP contribution in [-0.2, 0) is 10.0 Å². The minimum atomic E-state index is -3.48. The molecule has 3 aromatic carbocycles. The lowest BCUT2D eigenvalue weighted by Crippen LogP contribution is -2.48. The van der Waals surface area contributed by atoms with E-state index < -0.39 is 10.0 Å². The molecule has 0 amide bonds. The third-order valence-electron chi connectivity index (χ3n) is 5.50. The van der Waals surface area contributed by atoms with E-state index in [-0.39, 0.29) is 24.8 Å². The third kappa shape index (κ3) is 4.01. The Morgan fingerprint density at radius 3 is 2.23 bits per heavy atom. The molecule has 0 saturated carbocycles. The molecular weight excluding hydrogens is 441 g/mol. The Balaban J connectivity index is 0.00000128. The van der Waals surface area contributed by atoms with Gasteiger partial charge in [-0.1, -0.05) is 30.3 Å². The van der Waals surface area contributed by atoms with E-state index in [1.54, 1.807) is 16.4 Å². The Morgan fingerprint density at radius 1 is 0.733 bits per heavy atom. The summed E-state index contributed by atoms with van der Waals surface area (Å²) < 4.78 is 27.8. The van der Waals surface area contributed by atoms with E-state index in [2.05, 4.69) is 34.1 Å². The van der Waals surface area contributed by atoms with Gasteiger partial charge < -0.3 is 9.88 Å². The molecule has 1 aliphatic heterocycles. The van der Waals surface area contributed by atoms with E-state index in [0.717, 1.165) is 22.0 Å². The summed E-state index contributed by atoms with van der Waals surface area (Å²) in [6, 6.07) is 21.6. The molecular formula is C22H23Cl2N3O2S. The predicted octanol–water partition coefficient (Wildman–Crippen LogP) is 4.68. The fourth-order valence-electron chi connectivity index (χ4n) is 3.90. The highest BCUT2D eigenvalue weighted by atomic mass is 35.5. The highest BCUT2D eigenvalue weighted by Crippen LogP contribution is 2.26. The van der Waals surface area contributed by atoms with Crippen molar-refractivity contribution in [2.75, 3.05) is 31.1 Å². The number of anilines is 1. The monoisotopic (exact) mass is 463 g/mol. The Kier molecular flexibility index (Phi) is 6.62.